The van der Waals surface area contributed by atoms with Crippen LogP contribution in [0, 0.1) is 6.92 Å². The van der Waals surface area contributed by atoms with Crippen molar-refractivity contribution >= 4 is 45.1 Å². The minimum absolute atomic E-state index is 0.367. The predicted octanol–water partition coefficient (Wildman–Crippen LogP) is 4.59. The highest BCUT2D eigenvalue weighted by Gasteiger charge is 2.21. The molecule has 0 fully saturated rings. The molecule has 1 N–H and O–H groups in total. The minimum Gasteiger partial charge on any atom is -0.449 e. The molecule has 0 spiro atoms. The number of rotatable bonds is 4. The topological polar surface area (TPSA) is 55.4 Å². The van der Waals surface area contributed by atoms with E-state index in [4.69, 9.17) is 16.3 Å². The Morgan fingerprint density at radius 2 is 1.87 bits per heavy atom. The molecule has 0 aromatic heterocycles. The normalized spacial score (nSPS) is 11.7. The zero-order valence-corrected chi connectivity index (χ0v) is 14.9. The number of nitrogens with one attached hydrogen (secondary N) is 1. The van der Waals surface area contributed by atoms with Gasteiger partial charge in [0.1, 0.15) is 0 Å². The van der Waals surface area contributed by atoms with Crippen molar-refractivity contribution in [3.8, 4) is 0 Å². The molecule has 0 heterocycles. The molecule has 6 heteroatoms. The molecule has 0 radical (unpaired) electrons. The van der Waals surface area contributed by atoms with E-state index >= 15 is 0 Å². The number of amides is 1. The fourth-order valence-electron chi connectivity index (χ4n) is 1.88. The van der Waals surface area contributed by atoms with E-state index in [9.17, 15) is 9.59 Å². The van der Waals surface area contributed by atoms with Crippen LogP contribution in [0.1, 0.15) is 22.8 Å². The molecule has 23 heavy (non-hydrogen) atoms. The summed E-state index contributed by atoms with van der Waals surface area (Å²) in [5, 5.41) is 3.27. The number of ether oxygens (including phenoxy) is 1. The average molecular weight is 397 g/mol. The Morgan fingerprint density at radius 1 is 1.17 bits per heavy atom. The highest BCUT2D eigenvalue weighted by molar-refractivity contribution is 9.10. The van der Waals surface area contributed by atoms with Crippen molar-refractivity contribution in [2.45, 2.75) is 20.0 Å². The Morgan fingerprint density at radius 3 is 2.57 bits per heavy atom. The molecule has 0 aliphatic rings. The third-order valence-electron chi connectivity index (χ3n) is 3.27. The molecular weight excluding hydrogens is 382 g/mol. The Kier molecular flexibility index (Phi) is 5.80. The van der Waals surface area contributed by atoms with E-state index < -0.39 is 18.0 Å². The number of carbonyl (C=O) groups excluding carboxylic acids is 2. The van der Waals surface area contributed by atoms with Crippen molar-refractivity contribution in [2.24, 2.45) is 0 Å². The van der Waals surface area contributed by atoms with E-state index in [-0.39, 0.29) is 0 Å². The fourth-order valence-corrected chi connectivity index (χ4v) is 2.50. The molecule has 0 aliphatic carbocycles. The highest BCUT2D eigenvalue weighted by Crippen LogP contribution is 2.23. The molecule has 4 nitrogen and oxygen atoms in total. The number of halogens is 2. The molecule has 0 aliphatic heterocycles. The maximum Gasteiger partial charge on any atom is 0.340 e. The number of anilines is 1. The second kappa shape index (κ2) is 7.62. The van der Waals surface area contributed by atoms with Gasteiger partial charge in [0.05, 0.1) is 5.56 Å². The molecule has 2 rings (SSSR count). The lowest BCUT2D eigenvalue weighted by atomic mass is 10.2. The van der Waals surface area contributed by atoms with Crippen LogP contribution in [0.15, 0.2) is 46.9 Å². The number of hydrogen-bond acceptors (Lipinski definition) is 3. The van der Waals surface area contributed by atoms with Crippen LogP contribution in [0.2, 0.25) is 5.02 Å². The monoisotopic (exact) mass is 395 g/mol. The summed E-state index contributed by atoms with van der Waals surface area (Å²) in [5.41, 5.74) is 1.71. The first-order valence-electron chi connectivity index (χ1n) is 6.91. The summed E-state index contributed by atoms with van der Waals surface area (Å²) in [5.74, 6) is -0.987. The zero-order chi connectivity index (χ0) is 17.0. The second-order valence-corrected chi connectivity index (χ2v) is 6.19. The van der Waals surface area contributed by atoms with Crippen LogP contribution in [0.3, 0.4) is 0 Å². The van der Waals surface area contributed by atoms with Crippen LogP contribution >= 0.6 is 27.5 Å². The van der Waals surface area contributed by atoms with E-state index in [2.05, 4.69) is 21.2 Å². The lowest BCUT2D eigenvalue weighted by Crippen LogP contribution is -2.30. The summed E-state index contributed by atoms with van der Waals surface area (Å²) in [4.78, 5) is 24.3. The van der Waals surface area contributed by atoms with Crippen LogP contribution in [0.4, 0.5) is 5.69 Å². The van der Waals surface area contributed by atoms with Gasteiger partial charge in [-0.05, 0) is 59.6 Å². The van der Waals surface area contributed by atoms with Crippen LogP contribution in [-0.4, -0.2) is 18.0 Å². The quantitative estimate of drug-likeness (QED) is 0.769. The van der Waals surface area contributed by atoms with E-state index in [0.29, 0.717) is 20.7 Å². The van der Waals surface area contributed by atoms with E-state index in [1.165, 1.54) is 6.92 Å². The van der Waals surface area contributed by atoms with Crippen molar-refractivity contribution in [1.82, 2.24) is 0 Å². The predicted molar refractivity (Wildman–Crippen MR) is 93.8 cm³/mol. The van der Waals surface area contributed by atoms with Crippen molar-refractivity contribution in [2.75, 3.05) is 5.32 Å². The fraction of sp³-hybridized carbons (Fsp3) is 0.176. The summed E-state index contributed by atoms with van der Waals surface area (Å²) in [6, 6.07) is 12.1. The number of carbonyl (C=O) groups is 2. The van der Waals surface area contributed by atoms with Gasteiger partial charge in [-0.15, -0.1) is 0 Å². The summed E-state index contributed by atoms with van der Waals surface area (Å²) >= 11 is 9.30. The maximum absolute atomic E-state index is 12.2. The van der Waals surface area contributed by atoms with E-state index in [1.54, 1.807) is 49.4 Å². The van der Waals surface area contributed by atoms with Gasteiger partial charge in [-0.2, -0.15) is 0 Å². The van der Waals surface area contributed by atoms with Crippen molar-refractivity contribution in [3.05, 3.63) is 63.1 Å². The average Bonchev–Trinajstić information content (AvgIpc) is 2.52. The van der Waals surface area contributed by atoms with Gasteiger partial charge in [-0.1, -0.05) is 29.8 Å². The Hall–Kier alpha value is -1.85. The van der Waals surface area contributed by atoms with Crippen LogP contribution in [0.25, 0.3) is 0 Å². The smallest absolute Gasteiger partial charge is 0.340 e. The standard InChI is InChI=1S/C17H15BrClNO3/c1-10-14(19)8-5-9-15(10)20-16(21)11(2)23-17(22)12-6-3-4-7-13(12)18/h3-9,11H,1-2H3,(H,20,21)/t11-/m0/s1. The molecule has 1 amide bonds. The molecule has 0 bridgehead atoms. The molecule has 2 aromatic carbocycles. The van der Waals surface area contributed by atoms with E-state index in [1.807, 2.05) is 0 Å². The first-order valence-corrected chi connectivity index (χ1v) is 8.08. The maximum atomic E-state index is 12.2. The van der Waals surface area contributed by atoms with Gasteiger partial charge in [-0.25, -0.2) is 4.79 Å². The van der Waals surface area contributed by atoms with Gasteiger partial charge in [0.25, 0.3) is 5.91 Å². The third-order valence-corrected chi connectivity index (χ3v) is 4.37. The molecule has 120 valence electrons. The lowest BCUT2D eigenvalue weighted by Gasteiger charge is -2.15. The highest BCUT2D eigenvalue weighted by atomic mass is 79.9. The SMILES string of the molecule is Cc1c(Cl)cccc1NC(=O)[C@H](C)OC(=O)c1ccccc1Br. The minimum atomic E-state index is -0.937. The van der Waals surface area contributed by atoms with Gasteiger partial charge in [0.15, 0.2) is 6.10 Å². The summed E-state index contributed by atoms with van der Waals surface area (Å²) < 4.78 is 5.82. The molecule has 1 atom stereocenters. The number of hydrogen-bond donors (Lipinski definition) is 1. The van der Waals surface area contributed by atoms with Crippen molar-refractivity contribution < 1.29 is 14.3 Å². The van der Waals surface area contributed by atoms with Crippen LogP contribution in [0.5, 0.6) is 0 Å². The molecule has 0 saturated carbocycles. The second-order valence-electron chi connectivity index (χ2n) is 4.93. The Bertz CT molecular complexity index is 748. The Balaban J connectivity index is 2.04. The Labute approximate surface area is 147 Å². The van der Waals surface area contributed by atoms with Crippen LogP contribution < -0.4 is 5.32 Å². The first-order chi connectivity index (χ1) is 10.9. The lowest BCUT2D eigenvalue weighted by molar-refractivity contribution is -0.123. The van der Waals surface area contributed by atoms with Gasteiger partial charge in [-0.3, -0.25) is 4.79 Å². The number of benzene rings is 2. The van der Waals surface area contributed by atoms with Gasteiger partial charge in [0, 0.05) is 15.2 Å². The van der Waals surface area contributed by atoms with Gasteiger partial charge in [0.2, 0.25) is 0 Å². The van der Waals surface area contributed by atoms with Crippen LogP contribution in [-0.2, 0) is 9.53 Å². The van der Waals surface area contributed by atoms with Crippen molar-refractivity contribution in [3.63, 3.8) is 0 Å². The van der Waals surface area contributed by atoms with Gasteiger partial charge < -0.3 is 10.1 Å². The van der Waals surface area contributed by atoms with E-state index in [0.717, 1.165) is 5.56 Å². The first kappa shape index (κ1) is 17.5. The zero-order valence-electron chi connectivity index (χ0n) is 12.6. The summed E-state index contributed by atoms with van der Waals surface area (Å²) in [6.07, 6.45) is -0.937. The molecular formula is C17H15BrClNO3. The third kappa shape index (κ3) is 4.33. The largest absolute Gasteiger partial charge is 0.449 e. The molecule has 0 unspecified atom stereocenters. The molecule has 0 saturated heterocycles. The molecule has 2 aromatic rings. The summed E-state index contributed by atoms with van der Waals surface area (Å²) in [6.45, 7) is 3.32. The van der Waals surface area contributed by atoms with Gasteiger partial charge >= 0.3 is 5.97 Å². The summed E-state index contributed by atoms with van der Waals surface area (Å²) in [7, 11) is 0. The van der Waals surface area contributed by atoms with Crippen molar-refractivity contribution in [1.29, 1.82) is 0 Å². The number of esters is 1.